The highest BCUT2D eigenvalue weighted by atomic mass is 14.8. The first kappa shape index (κ1) is 10.5. The van der Waals surface area contributed by atoms with E-state index < -0.39 is 0 Å². The van der Waals surface area contributed by atoms with Crippen molar-refractivity contribution in [3.05, 3.63) is 12.3 Å². The van der Waals surface area contributed by atoms with Gasteiger partial charge in [-0.1, -0.05) is 34.3 Å². The lowest BCUT2D eigenvalue weighted by Gasteiger charge is -2.31. The lowest BCUT2D eigenvalue weighted by Crippen LogP contribution is -2.26. The molecule has 0 rings (SSSR count). The summed E-state index contributed by atoms with van der Waals surface area (Å²) in [5, 5.41) is 3.13. The van der Waals surface area contributed by atoms with Crippen molar-refractivity contribution in [1.29, 1.82) is 0 Å². The Kier molecular flexibility index (Phi) is 3.64. The first-order valence-corrected chi connectivity index (χ1v) is 4.30. The molecule has 1 N–H and O–H groups in total. The van der Waals surface area contributed by atoms with E-state index in [9.17, 15) is 0 Å². The lowest BCUT2D eigenvalue weighted by atomic mass is 9.77. The highest BCUT2D eigenvalue weighted by Crippen LogP contribution is 2.32. The predicted octanol–water partition coefficient (Wildman–Crippen LogP) is 2.79. The SMILES string of the molecule is C=C(NC)C(CC)C(C)(C)C. The largest absolute Gasteiger partial charge is 0.392 e. The van der Waals surface area contributed by atoms with Gasteiger partial charge in [-0.15, -0.1) is 0 Å². The molecule has 0 heterocycles. The van der Waals surface area contributed by atoms with Crippen LogP contribution < -0.4 is 5.32 Å². The summed E-state index contributed by atoms with van der Waals surface area (Å²) < 4.78 is 0. The molecule has 1 atom stereocenters. The van der Waals surface area contributed by atoms with Gasteiger partial charge in [0.25, 0.3) is 0 Å². The number of rotatable bonds is 3. The van der Waals surface area contributed by atoms with E-state index in [1.54, 1.807) is 0 Å². The third-order valence-electron chi connectivity index (χ3n) is 2.20. The highest BCUT2D eigenvalue weighted by Gasteiger charge is 2.24. The van der Waals surface area contributed by atoms with Crippen LogP contribution in [0, 0.1) is 11.3 Å². The van der Waals surface area contributed by atoms with Gasteiger partial charge in [0, 0.05) is 18.7 Å². The van der Waals surface area contributed by atoms with Crippen LogP contribution in [0.5, 0.6) is 0 Å². The van der Waals surface area contributed by atoms with E-state index >= 15 is 0 Å². The summed E-state index contributed by atoms with van der Waals surface area (Å²) in [5.41, 5.74) is 1.48. The van der Waals surface area contributed by atoms with Crippen LogP contribution in [0.25, 0.3) is 0 Å². The summed E-state index contributed by atoms with van der Waals surface area (Å²) in [5.74, 6) is 0.576. The van der Waals surface area contributed by atoms with Crippen LogP contribution >= 0.6 is 0 Å². The second-order valence-corrected chi connectivity index (χ2v) is 4.10. The number of nitrogens with one attached hydrogen (secondary N) is 1. The zero-order chi connectivity index (χ0) is 9.07. The fourth-order valence-electron chi connectivity index (χ4n) is 1.56. The van der Waals surface area contributed by atoms with Gasteiger partial charge in [0.05, 0.1) is 0 Å². The molecule has 1 unspecified atom stereocenters. The van der Waals surface area contributed by atoms with Gasteiger partial charge in [-0.2, -0.15) is 0 Å². The van der Waals surface area contributed by atoms with E-state index in [0.29, 0.717) is 11.3 Å². The molecule has 0 aromatic rings. The van der Waals surface area contributed by atoms with Gasteiger partial charge in [0.2, 0.25) is 0 Å². The third-order valence-corrected chi connectivity index (χ3v) is 2.20. The Hall–Kier alpha value is -0.460. The minimum Gasteiger partial charge on any atom is -0.392 e. The van der Waals surface area contributed by atoms with Gasteiger partial charge in [-0.05, 0) is 11.8 Å². The van der Waals surface area contributed by atoms with Gasteiger partial charge in [-0.3, -0.25) is 0 Å². The van der Waals surface area contributed by atoms with Crippen molar-refractivity contribution in [2.45, 2.75) is 34.1 Å². The van der Waals surface area contributed by atoms with E-state index in [1.807, 2.05) is 7.05 Å². The zero-order valence-electron chi connectivity index (χ0n) is 8.49. The summed E-state index contributed by atoms with van der Waals surface area (Å²) >= 11 is 0. The molecule has 0 aliphatic heterocycles. The maximum Gasteiger partial charge on any atom is 0.00677 e. The van der Waals surface area contributed by atoms with Gasteiger partial charge < -0.3 is 5.32 Å². The molecule has 0 spiro atoms. The van der Waals surface area contributed by atoms with E-state index in [0.717, 1.165) is 12.1 Å². The van der Waals surface area contributed by atoms with Crippen molar-refractivity contribution in [1.82, 2.24) is 5.32 Å². The van der Waals surface area contributed by atoms with Crippen LogP contribution in [-0.4, -0.2) is 7.05 Å². The van der Waals surface area contributed by atoms with E-state index in [4.69, 9.17) is 0 Å². The lowest BCUT2D eigenvalue weighted by molar-refractivity contribution is 0.264. The second-order valence-electron chi connectivity index (χ2n) is 4.10. The van der Waals surface area contributed by atoms with Crippen molar-refractivity contribution < 1.29 is 0 Å². The van der Waals surface area contributed by atoms with Crippen molar-refractivity contribution in [2.75, 3.05) is 7.05 Å². The molecule has 0 fully saturated rings. The standard InChI is InChI=1S/C10H21N/c1-7-9(8(2)11-6)10(3,4)5/h9,11H,2,7H2,1,3-6H3. The Morgan fingerprint density at radius 2 is 1.91 bits per heavy atom. The fraction of sp³-hybridized carbons (Fsp3) is 0.800. The fourth-order valence-corrected chi connectivity index (χ4v) is 1.56. The first-order chi connectivity index (χ1) is 4.93. The molecule has 0 radical (unpaired) electrons. The molecule has 1 nitrogen and oxygen atoms in total. The van der Waals surface area contributed by atoms with Gasteiger partial charge in [-0.25, -0.2) is 0 Å². The summed E-state index contributed by atoms with van der Waals surface area (Å²) in [6, 6.07) is 0. The Morgan fingerprint density at radius 3 is 2.00 bits per heavy atom. The quantitative estimate of drug-likeness (QED) is 0.661. The molecule has 66 valence electrons. The molecule has 0 saturated carbocycles. The molecule has 0 bridgehead atoms. The number of allylic oxidation sites excluding steroid dienone is 1. The van der Waals surface area contributed by atoms with Gasteiger partial charge in [0.1, 0.15) is 0 Å². The summed E-state index contributed by atoms with van der Waals surface area (Å²) in [4.78, 5) is 0. The molecule has 0 saturated heterocycles. The van der Waals surface area contributed by atoms with Crippen molar-refractivity contribution >= 4 is 0 Å². The zero-order valence-corrected chi connectivity index (χ0v) is 8.49. The Bertz CT molecular complexity index is 130. The summed E-state index contributed by atoms with van der Waals surface area (Å²) in [6.45, 7) is 13.0. The molecular weight excluding hydrogens is 134 g/mol. The maximum absolute atomic E-state index is 4.00. The second kappa shape index (κ2) is 3.80. The molecule has 0 aromatic carbocycles. The summed E-state index contributed by atoms with van der Waals surface area (Å²) in [6.07, 6.45) is 1.16. The summed E-state index contributed by atoms with van der Waals surface area (Å²) in [7, 11) is 1.94. The van der Waals surface area contributed by atoms with Crippen molar-refractivity contribution in [3.63, 3.8) is 0 Å². The average Bonchev–Trinajstić information content (AvgIpc) is 1.86. The van der Waals surface area contributed by atoms with Crippen LogP contribution in [0.3, 0.4) is 0 Å². The van der Waals surface area contributed by atoms with Crippen LogP contribution in [0.4, 0.5) is 0 Å². The molecule has 0 aromatic heterocycles. The van der Waals surface area contributed by atoms with E-state index in [2.05, 4.69) is 39.6 Å². The maximum atomic E-state index is 4.00. The first-order valence-electron chi connectivity index (χ1n) is 4.30. The van der Waals surface area contributed by atoms with Crippen LogP contribution in [0.1, 0.15) is 34.1 Å². The molecule has 11 heavy (non-hydrogen) atoms. The Morgan fingerprint density at radius 1 is 1.45 bits per heavy atom. The highest BCUT2D eigenvalue weighted by molar-refractivity contribution is 5.01. The molecule has 0 amide bonds. The van der Waals surface area contributed by atoms with Crippen LogP contribution in [-0.2, 0) is 0 Å². The minimum absolute atomic E-state index is 0.328. The predicted molar refractivity (Wildman–Crippen MR) is 51.4 cm³/mol. The van der Waals surface area contributed by atoms with Gasteiger partial charge >= 0.3 is 0 Å². The smallest absolute Gasteiger partial charge is 0.00677 e. The monoisotopic (exact) mass is 155 g/mol. The number of hydrogen-bond donors (Lipinski definition) is 1. The molecule has 0 aliphatic carbocycles. The van der Waals surface area contributed by atoms with Gasteiger partial charge in [0.15, 0.2) is 0 Å². The van der Waals surface area contributed by atoms with E-state index in [1.165, 1.54) is 0 Å². The average molecular weight is 155 g/mol. The van der Waals surface area contributed by atoms with Crippen molar-refractivity contribution in [2.24, 2.45) is 11.3 Å². The molecule has 0 aliphatic rings. The van der Waals surface area contributed by atoms with Crippen LogP contribution in [0.2, 0.25) is 0 Å². The minimum atomic E-state index is 0.328. The molecular formula is C10H21N. The Balaban J connectivity index is 4.29. The number of hydrogen-bond acceptors (Lipinski definition) is 1. The normalized spacial score (nSPS) is 14.3. The van der Waals surface area contributed by atoms with Crippen molar-refractivity contribution in [3.8, 4) is 0 Å². The van der Waals surface area contributed by atoms with E-state index in [-0.39, 0.29) is 0 Å². The topological polar surface area (TPSA) is 12.0 Å². The molecule has 1 heteroatoms. The van der Waals surface area contributed by atoms with Crippen LogP contribution in [0.15, 0.2) is 12.3 Å². The Labute approximate surface area is 70.9 Å². The third kappa shape index (κ3) is 2.96.